The molecule has 0 spiro atoms. The van der Waals surface area contributed by atoms with Crippen LogP contribution < -0.4 is 10.6 Å². The molecule has 0 bridgehead atoms. The highest BCUT2D eigenvalue weighted by Gasteiger charge is 2.22. The topological polar surface area (TPSA) is 61.4 Å². The molecule has 4 nitrogen and oxygen atoms in total. The van der Waals surface area contributed by atoms with Crippen molar-refractivity contribution in [1.82, 2.24) is 10.6 Å². The zero-order valence-electron chi connectivity index (χ0n) is 12.3. The van der Waals surface area contributed by atoms with Crippen LogP contribution in [0, 0.1) is 6.92 Å². The van der Waals surface area contributed by atoms with Crippen LogP contribution in [0.5, 0.6) is 5.75 Å². The van der Waals surface area contributed by atoms with Gasteiger partial charge in [-0.2, -0.15) is 0 Å². The summed E-state index contributed by atoms with van der Waals surface area (Å²) in [6, 6.07) is 6.25. The van der Waals surface area contributed by atoms with Crippen LogP contribution in [0.2, 0.25) is 0 Å². The number of benzene rings is 1. The Morgan fingerprint density at radius 2 is 2.20 bits per heavy atom. The van der Waals surface area contributed by atoms with Crippen LogP contribution in [0.3, 0.4) is 0 Å². The smallest absolute Gasteiger partial charge is 0.220 e. The summed E-state index contributed by atoms with van der Waals surface area (Å²) >= 11 is 0. The Morgan fingerprint density at radius 3 is 2.85 bits per heavy atom. The molecule has 20 heavy (non-hydrogen) atoms. The van der Waals surface area contributed by atoms with Crippen molar-refractivity contribution in [2.75, 3.05) is 6.54 Å². The molecule has 1 aliphatic carbocycles. The first-order valence-electron chi connectivity index (χ1n) is 7.38. The molecule has 1 unspecified atom stereocenters. The first kappa shape index (κ1) is 14.9. The second kappa shape index (κ2) is 6.75. The van der Waals surface area contributed by atoms with E-state index in [1.54, 1.807) is 6.07 Å². The monoisotopic (exact) mass is 276 g/mol. The number of hydrogen-bond donors (Lipinski definition) is 3. The van der Waals surface area contributed by atoms with Crippen molar-refractivity contribution in [2.45, 2.75) is 51.6 Å². The van der Waals surface area contributed by atoms with E-state index in [0.717, 1.165) is 36.9 Å². The van der Waals surface area contributed by atoms with Gasteiger partial charge in [-0.25, -0.2) is 0 Å². The highest BCUT2D eigenvalue weighted by molar-refractivity contribution is 5.76. The number of carbonyl (C=O) groups excluding carboxylic acids is 1. The van der Waals surface area contributed by atoms with Gasteiger partial charge in [0.1, 0.15) is 5.75 Å². The zero-order chi connectivity index (χ0) is 14.5. The largest absolute Gasteiger partial charge is 0.508 e. The van der Waals surface area contributed by atoms with E-state index in [-0.39, 0.29) is 11.9 Å². The van der Waals surface area contributed by atoms with E-state index in [9.17, 15) is 9.90 Å². The lowest BCUT2D eigenvalue weighted by molar-refractivity contribution is -0.121. The molecule has 110 valence electrons. The highest BCUT2D eigenvalue weighted by atomic mass is 16.3. The average molecular weight is 276 g/mol. The molecule has 3 N–H and O–H groups in total. The maximum absolute atomic E-state index is 11.5. The summed E-state index contributed by atoms with van der Waals surface area (Å²) in [5.41, 5.74) is 1.95. The highest BCUT2D eigenvalue weighted by Crippen LogP contribution is 2.24. The summed E-state index contributed by atoms with van der Waals surface area (Å²) in [6.45, 7) is 4.75. The van der Waals surface area contributed by atoms with Gasteiger partial charge in [-0.05, 0) is 51.3 Å². The van der Waals surface area contributed by atoms with Gasteiger partial charge in [0.2, 0.25) is 5.91 Å². The molecule has 1 aliphatic rings. The minimum Gasteiger partial charge on any atom is -0.508 e. The SMILES string of the molecule is Cc1ccc(C(C)NCCCC(=O)NC2CC2)c(O)c1. The second-order valence-corrected chi connectivity index (χ2v) is 5.68. The lowest BCUT2D eigenvalue weighted by Crippen LogP contribution is -2.27. The first-order valence-corrected chi connectivity index (χ1v) is 7.38. The van der Waals surface area contributed by atoms with Crippen LogP contribution in [0.1, 0.15) is 49.8 Å². The second-order valence-electron chi connectivity index (χ2n) is 5.68. The Kier molecular flexibility index (Phi) is 5.01. The molecule has 0 radical (unpaired) electrons. The van der Waals surface area contributed by atoms with Crippen molar-refractivity contribution >= 4 is 5.91 Å². The molecule has 1 fully saturated rings. The third kappa shape index (κ3) is 4.53. The summed E-state index contributed by atoms with van der Waals surface area (Å²) in [7, 11) is 0. The van der Waals surface area contributed by atoms with Gasteiger partial charge in [-0.1, -0.05) is 12.1 Å². The number of amides is 1. The number of carbonyl (C=O) groups is 1. The fourth-order valence-corrected chi connectivity index (χ4v) is 2.22. The van der Waals surface area contributed by atoms with Gasteiger partial charge in [-0.3, -0.25) is 4.79 Å². The number of hydrogen-bond acceptors (Lipinski definition) is 3. The molecule has 1 aromatic rings. The third-order valence-corrected chi connectivity index (χ3v) is 3.63. The van der Waals surface area contributed by atoms with E-state index in [4.69, 9.17) is 0 Å². The quantitative estimate of drug-likeness (QED) is 0.670. The van der Waals surface area contributed by atoms with Gasteiger partial charge >= 0.3 is 0 Å². The third-order valence-electron chi connectivity index (χ3n) is 3.63. The normalized spacial score (nSPS) is 15.9. The van der Waals surface area contributed by atoms with Crippen molar-refractivity contribution in [3.05, 3.63) is 29.3 Å². The van der Waals surface area contributed by atoms with Crippen LogP contribution in [0.4, 0.5) is 0 Å². The van der Waals surface area contributed by atoms with Gasteiger partial charge in [0, 0.05) is 24.1 Å². The molecule has 0 saturated heterocycles. The summed E-state index contributed by atoms with van der Waals surface area (Å²) in [4.78, 5) is 11.5. The fourth-order valence-electron chi connectivity index (χ4n) is 2.22. The molecule has 1 aromatic carbocycles. The number of aryl methyl sites for hydroxylation is 1. The molecular weight excluding hydrogens is 252 g/mol. The summed E-state index contributed by atoms with van der Waals surface area (Å²) < 4.78 is 0. The van der Waals surface area contributed by atoms with Gasteiger partial charge in [0.05, 0.1) is 0 Å². The maximum Gasteiger partial charge on any atom is 0.220 e. The van der Waals surface area contributed by atoms with Crippen LogP contribution in [0.15, 0.2) is 18.2 Å². The predicted molar refractivity (Wildman–Crippen MR) is 79.7 cm³/mol. The molecular formula is C16H24N2O2. The van der Waals surface area contributed by atoms with Gasteiger partial charge in [-0.15, -0.1) is 0 Å². The zero-order valence-corrected chi connectivity index (χ0v) is 12.3. The summed E-state index contributed by atoms with van der Waals surface area (Å²) in [6.07, 6.45) is 3.65. The number of rotatable bonds is 7. The van der Waals surface area contributed by atoms with Gasteiger partial charge in [0.15, 0.2) is 0 Å². The van der Waals surface area contributed by atoms with Crippen molar-refractivity contribution in [1.29, 1.82) is 0 Å². The van der Waals surface area contributed by atoms with Crippen LogP contribution in [-0.4, -0.2) is 23.6 Å². The number of aromatic hydroxyl groups is 1. The number of nitrogens with one attached hydrogen (secondary N) is 2. The Morgan fingerprint density at radius 1 is 1.45 bits per heavy atom. The fraction of sp³-hybridized carbons (Fsp3) is 0.562. The molecule has 0 aliphatic heterocycles. The lowest BCUT2D eigenvalue weighted by Gasteiger charge is -2.16. The first-order chi connectivity index (χ1) is 9.56. The lowest BCUT2D eigenvalue weighted by atomic mass is 10.0. The molecule has 4 heteroatoms. The Labute approximate surface area is 120 Å². The van der Waals surface area contributed by atoms with Crippen molar-refractivity contribution < 1.29 is 9.90 Å². The molecule has 1 atom stereocenters. The molecule has 0 heterocycles. The van der Waals surface area contributed by atoms with Crippen molar-refractivity contribution in [3.8, 4) is 5.75 Å². The standard InChI is InChI=1S/C16H24N2O2/c1-11-5-8-14(15(19)10-11)12(2)17-9-3-4-16(20)18-13-6-7-13/h5,8,10,12-13,17,19H,3-4,6-7,9H2,1-2H3,(H,18,20). The predicted octanol–water partition coefficient (Wildman–Crippen LogP) is 2.41. The van der Waals surface area contributed by atoms with Gasteiger partial charge < -0.3 is 15.7 Å². The van der Waals surface area contributed by atoms with E-state index in [1.165, 1.54) is 0 Å². The molecule has 0 aromatic heterocycles. The minimum absolute atomic E-state index is 0.0853. The molecule has 1 saturated carbocycles. The van der Waals surface area contributed by atoms with E-state index >= 15 is 0 Å². The number of phenolic OH excluding ortho intramolecular Hbond substituents is 1. The van der Waals surface area contributed by atoms with E-state index in [2.05, 4.69) is 10.6 Å². The van der Waals surface area contributed by atoms with Crippen LogP contribution in [0.25, 0.3) is 0 Å². The van der Waals surface area contributed by atoms with E-state index in [0.29, 0.717) is 18.2 Å². The average Bonchev–Trinajstić information content (AvgIpc) is 3.18. The van der Waals surface area contributed by atoms with Crippen molar-refractivity contribution in [3.63, 3.8) is 0 Å². The van der Waals surface area contributed by atoms with Gasteiger partial charge in [0.25, 0.3) is 0 Å². The van der Waals surface area contributed by atoms with E-state index in [1.807, 2.05) is 26.0 Å². The summed E-state index contributed by atoms with van der Waals surface area (Å²) in [5, 5.41) is 16.2. The molecule has 1 amide bonds. The Balaban J connectivity index is 1.68. The minimum atomic E-state index is 0.0853. The Bertz CT molecular complexity index is 470. The van der Waals surface area contributed by atoms with E-state index < -0.39 is 0 Å². The summed E-state index contributed by atoms with van der Waals surface area (Å²) in [5.74, 6) is 0.483. The Hall–Kier alpha value is -1.55. The number of phenols is 1. The molecule has 2 rings (SSSR count). The maximum atomic E-state index is 11.5. The van der Waals surface area contributed by atoms with Crippen LogP contribution in [-0.2, 0) is 4.79 Å². The van der Waals surface area contributed by atoms with Crippen molar-refractivity contribution in [2.24, 2.45) is 0 Å². The van der Waals surface area contributed by atoms with Crippen LogP contribution >= 0.6 is 0 Å².